The quantitative estimate of drug-likeness (QED) is 0.461. The Kier molecular flexibility index (Phi) is 4.06. The third-order valence-corrected chi connectivity index (χ3v) is 5.75. The molecule has 1 aliphatic carbocycles. The van der Waals surface area contributed by atoms with E-state index in [4.69, 9.17) is 0 Å². The van der Waals surface area contributed by atoms with E-state index in [0.717, 1.165) is 22.9 Å². The van der Waals surface area contributed by atoms with Crippen molar-refractivity contribution in [2.45, 2.75) is 13.3 Å². The maximum Gasteiger partial charge on any atom is 0.0991 e. The van der Waals surface area contributed by atoms with Crippen molar-refractivity contribution >= 4 is 17.8 Å². The fourth-order valence-electron chi connectivity index (χ4n) is 4.29. The van der Waals surface area contributed by atoms with E-state index in [1.54, 1.807) is 12.5 Å². The molecule has 2 nitrogen and oxygen atoms in total. The highest BCUT2D eigenvalue weighted by Gasteiger charge is 2.19. The monoisotopic (exact) mass is 374 g/mol. The van der Waals surface area contributed by atoms with E-state index in [0.29, 0.717) is 0 Å². The molecule has 0 radical (unpaired) electrons. The molecule has 1 heterocycles. The molecule has 0 aliphatic heterocycles. The lowest BCUT2D eigenvalue weighted by Crippen LogP contribution is -2.23. The van der Waals surface area contributed by atoms with Gasteiger partial charge in [-0.05, 0) is 68.8 Å². The van der Waals surface area contributed by atoms with Gasteiger partial charge in [0.15, 0.2) is 0 Å². The Hall–Kier alpha value is -3.65. The smallest absolute Gasteiger partial charge is 0.0991 e. The van der Waals surface area contributed by atoms with Crippen molar-refractivity contribution in [1.82, 2.24) is 9.55 Å². The van der Waals surface area contributed by atoms with Crippen molar-refractivity contribution in [2.24, 2.45) is 0 Å². The molecule has 29 heavy (non-hydrogen) atoms. The highest BCUT2D eigenvalue weighted by Crippen LogP contribution is 2.31. The molecule has 1 aromatic heterocycles. The number of fused-ring (bicyclic) bond motifs is 2. The predicted molar refractivity (Wildman–Crippen MR) is 120 cm³/mol. The molecule has 140 valence electrons. The maximum atomic E-state index is 4.24. The number of rotatable bonds is 3. The van der Waals surface area contributed by atoms with Crippen molar-refractivity contribution in [3.05, 3.63) is 130 Å². The van der Waals surface area contributed by atoms with Gasteiger partial charge < -0.3 is 4.57 Å². The highest BCUT2D eigenvalue weighted by atomic mass is 15.0. The first-order chi connectivity index (χ1) is 14.1. The maximum absolute atomic E-state index is 4.24. The summed E-state index contributed by atoms with van der Waals surface area (Å²) >= 11 is 0. The molecule has 0 saturated heterocycles. The average molecular weight is 374 g/mol. The molecule has 0 bridgehead atoms. The van der Waals surface area contributed by atoms with Crippen LogP contribution in [-0.4, -0.2) is 9.55 Å². The number of hydrogen-bond acceptors (Lipinski definition) is 1. The second kappa shape index (κ2) is 6.75. The summed E-state index contributed by atoms with van der Waals surface area (Å²) < 4.78 is 1.95. The third-order valence-electron chi connectivity index (χ3n) is 5.75. The van der Waals surface area contributed by atoms with Crippen LogP contribution in [0.4, 0.5) is 0 Å². The molecule has 0 atom stereocenters. The van der Waals surface area contributed by atoms with Gasteiger partial charge in [-0.15, -0.1) is 0 Å². The van der Waals surface area contributed by atoms with E-state index < -0.39 is 0 Å². The van der Waals surface area contributed by atoms with Gasteiger partial charge in [-0.25, -0.2) is 4.98 Å². The molecule has 0 spiro atoms. The SMILES string of the molecule is C=C(c1ccc(C2=c3ccc(=C)cc3Cc3ccccc32)c(C)c1)n1ccnc1. The summed E-state index contributed by atoms with van der Waals surface area (Å²) in [4.78, 5) is 4.13. The summed E-state index contributed by atoms with van der Waals surface area (Å²) in [5, 5.41) is 2.37. The fourth-order valence-corrected chi connectivity index (χ4v) is 4.29. The number of aromatic nitrogens is 2. The van der Waals surface area contributed by atoms with Crippen LogP contribution in [0.2, 0.25) is 0 Å². The Balaban J connectivity index is 1.73. The summed E-state index contributed by atoms with van der Waals surface area (Å²) in [6.07, 6.45) is 6.43. The van der Waals surface area contributed by atoms with Crippen LogP contribution in [0.3, 0.4) is 0 Å². The summed E-state index contributed by atoms with van der Waals surface area (Å²) in [5.74, 6) is 0. The van der Waals surface area contributed by atoms with Crippen molar-refractivity contribution in [2.75, 3.05) is 0 Å². The molecular formula is C27H22N2. The van der Waals surface area contributed by atoms with Crippen molar-refractivity contribution in [3.63, 3.8) is 0 Å². The minimum atomic E-state index is 0.924. The molecule has 0 fully saturated rings. The summed E-state index contributed by atoms with van der Waals surface area (Å²) in [6, 6.07) is 21.9. The molecule has 5 rings (SSSR count). The Labute approximate surface area is 170 Å². The van der Waals surface area contributed by atoms with Crippen LogP contribution in [0.15, 0.2) is 86.0 Å². The van der Waals surface area contributed by atoms with Crippen LogP contribution >= 0.6 is 0 Å². The van der Waals surface area contributed by atoms with Gasteiger partial charge in [0.25, 0.3) is 0 Å². The molecule has 2 heteroatoms. The molecule has 0 amide bonds. The second-order valence-electron chi connectivity index (χ2n) is 7.65. The second-order valence-corrected chi connectivity index (χ2v) is 7.65. The number of aryl methyl sites for hydroxylation is 1. The molecule has 1 aliphatic rings. The first kappa shape index (κ1) is 17.4. The third kappa shape index (κ3) is 2.94. The fraction of sp³-hybridized carbons (Fsp3) is 0.0741. The Bertz CT molecular complexity index is 1360. The van der Waals surface area contributed by atoms with Gasteiger partial charge in [0.2, 0.25) is 0 Å². The van der Waals surface area contributed by atoms with Gasteiger partial charge in [0.1, 0.15) is 0 Å². The Morgan fingerprint density at radius 1 is 0.966 bits per heavy atom. The minimum absolute atomic E-state index is 0.924. The molecule has 0 saturated carbocycles. The molecular weight excluding hydrogens is 352 g/mol. The van der Waals surface area contributed by atoms with Crippen molar-refractivity contribution in [1.29, 1.82) is 0 Å². The van der Waals surface area contributed by atoms with Crippen molar-refractivity contribution in [3.8, 4) is 0 Å². The molecule has 3 aromatic carbocycles. The molecule has 4 aromatic rings. The van der Waals surface area contributed by atoms with E-state index in [2.05, 4.69) is 85.7 Å². The molecule has 0 unspecified atom stereocenters. The predicted octanol–water partition coefficient (Wildman–Crippen LogP) is 4.27. The topological polar surface area (TPSA) is 17.8 Å². The normalized spacial score (nSPS) is 12.4. The van der Waals surface area contributed by atoms with Gasteiger partial charge in [-0.1, -0.05) is 67.8 Å². The van der Waals surface area contributed by atoms with Crippen LogP contribution in [-0.2, 0) is 6.42 Å². The van der Waals surface area contributed by atoms with E-state index in [-0.39, 0.29) is 0 Å². The van der Waals surface area contributed by atoms with Gasteiger partial charge in [-0.2, -0.15) is 0 Å². The van der Waals surface area contributed by atoms with E-state index in [1.165, 1.54) is 38.6 Å². The summed E-state index contributed by atoms with van der Waals surface area (Å²) in [5.41, 5.74) is 9.86. The van der Waals surface area contributed by atoms with E-state index in [1.807, 2.05) is 10.8 Å². The van der Waals surface area contributed by atoms with Gasteiger partial charge >= 0.3 is 0 Å². The zero-order valence-electron chi connectivity index (χ0n) is 16.5. The number of hydrogen-bond donors (Lipinski definition) is 0. The standard InChI is InChI=1S/C27H22N2/c1-18-8-10-26-23(14-18)16-22-6-4-5-7-25(22)27(26)24-11-9-21(15-19(24)2)20(3)29-13-12-28-17-29/h4-15,17H,1,3,16H2,2H3. The van der Waals surface area contributed by atoms with E-state index in [9.17, 15) is 0 Å². The van der Waals surface area contributed by atoms with Crippen molar-refractivity contribution < 1.29 is 0 Å². The number of imidazole rings is 1. The van der Waals surface area contributed by atoms with Crippen LogP contribution < -0.4 is 10.4 Å². The largest absolute Gasteiger partial charge is 0.306 e. The average Bonchev–Trinajstić information content (AvgIpc) is 3.26. The lowest BCUT2D eigenvalue weighted by atomic mass is 9.82. The zero-order valence-corrected chi connectivity index (χ0v) is 16.5. The Morgan fingerprint density at radius 3 is 2.62 bits per heavy atom. The van der Waals surface area contributed by atoms with Crippen LogP contribution in [0.1, 0.15) is 33.4 Å². The minimum Gasteiger partial charge on any atom is -0.306 e. The van der Waals surface area contributed by atoms with Crippen LogP contribution in [0, 0.1) is 6.92 Å². The highest BCUT2D eigenvalue weighted by molar-refractivity contribution is 5.85. The van der Waals surface area contributed by atoms with Gasteiger partial charge in [0, 0.05) is 18.1 Å². The van der Waals surface area contributed by atoms with Crippen LogP contribution in [0.25, 0.3) is 17.8 Å². The van der Waals surface area contributed by atoms with E-state index >= 15 is 0 Å². The van der Waals surface area contributed by atoms with Gasteiger partial charge in [-0.3, -0.25) is 0 Å². The summed E-state index contributed by atoms with van der Waals surface area (Å²) in [6.45, 7) is 10.6. The van der Waals surface area contributed by atoms with Gasteiger partial charge in [0.05, 0.1) is 6.33 Å². The number of nitrogens with zero attached hydrogens (tertiary/aromatic N) is 2. The lowest BCUT2D eigenvalue weighted by Gasteiger charge is -2.22. The van der Waals surface area contributed by atoms with Crippen LogP contribution in [0.5, 0.6) is 0 Å². The number of benzene rings is 3. The first-order valence-corrected chi connectivity index (χ1v) is 9.81. The first-order valence-electron chi connectivity index (χ1n) is 9.81. The molecule has 0 N–H and O–H groups in total. The zero-order chi connectivity index (χ0) is 20.0. The Morgan fingerprint density at radius 2 is 1.83 bits per heavy atom. The summed E-state index contributed by atoms with van der Waals surface area (Å²) in [7, 11) is 0. The lowest BCUT2D eigenvalue weighted by molar-refractivity contribution is 1.09.